The van der Waals surface area contributed by atoms with Crippen LogP contribution in [0.15, 0.2) is 38.0 Å². The largest absolute Gasteiger partial charge is 0.468 e. The second-order valence-electron chi connectivity index (χ2n) is 6.61. The van der Waals surface area contributed by atoms with Gasteiger partial charge >= 0.3 is 0 Å². The minimum Gasteiger partial charge on any atom is -0.468 e. The third-order valence-electron chi connectivity index (χ3n) is 5.24. The molecule has 5 rings (SSSR count). The molecule has 3 aliphatic rings. The normalized spacial score (nSPS) is 28.1. The number of hydrogen-bond acceptors (Lipinski definition) is 6. The molecule has 0 aromatic carbocycles. The number of nitrogens with one attached hydrogen (secondary N) is 1. The molecule has 0 saturated carbocycles. The molecule has 0 aliphatic carbocycles. The Morgan fingerprint density at radius 3 is 2.80 bits per heavy atom. The predicted molar refractivity (Wildman–Crippen MR) is 98.7 cm³/mol. The van der Waals surface area contributed by atoms with E-state index in [-0.39, 0.29) is 11.9 Å². The number of carbonyl (C=O) groups excluding carboxylic acids is 1. The molecule has 2 aromatic rings. The Morgan fingerprint density at radius 2 is 2.12 bits per heavy atom. The molecule has 0 spiro atoms. The first kappa shape index (κ1) is 17.0. The molecule has 3 aliphatic heterocycles. The van der Waals surface area contributed by atoms with Gasteiger partial charge in [-0.15, -0.1) is 11.3 Å². The summed E-state index contributed by atoms with van der Waals surface area (Å²) in [6, 6.07) is 8.23. The molecule has 134 valence electrons. The summed E-state index contributed by atoms with van der Waals surface area (Å²) in [5.74, 6) is 1.15. The fourth-order valence-corrected chi connectivity index (χ4v) is 5.75. The van der Waals surface area contributed by atoms with Crippen LogP contribution in [-0.4, -0.2) is 43.1 Å². The SMILES string of the molecule is COc1ccc(Sc2ccc(C(=O)N[C@@H]3C4CCN(CC4)[C@H]3C)s2)o1. The number of carbonyl (C=O) groups is 1. The van der Waals surface area contributed by atoms with Gasteiger partial charge in [-0.3, -0.25) is 9.69 Å². The van der Waals surface area contributed by atoms with Crippen LogP contribution in [0.1, 0.15) is 29.4 Å². The highest BCUT2D eigenvalue weighted by Gasteiger charge is 2.40. The number of amides is 1. The van der Waals surface area contributed by atoms with Crippen LogP contribution in [0.4, 0.5) is 0 Å². The minimum absolute atomic E-state index is 0.0412. The Balaban J connectivity index is 1.40. The van der Waals surface area contributed by atoms with Crippen molar-refractivity contribution in [3.8, 4) is 5.95 Å². The zero-order valence-electron chi connectivity index (χ0n) is 14.4. The van der Waals surface area contributed by atoms with Crippen LogP contribution in [0.25, 0.3) is 0 Å². The van der Waals surface area contributed by atoms with Gasteiger partial charge in [0.15, 0.2) is 5.09 Å². The van der Waals surface area contributed by atoms with E-state index in [1.54, 1.807) is 13.2 Å². The van der Waals surface area contributed by atoms with E-state index in [4.69, 9.17) is 9.15 Å². The quantitative estimate of drug-likeness (QED) is 0.859. The Bertz CT molecular complexity index is 747. The summed E-state index contributed by atoms with van der Waals surface area (Å²) in [5, 5.41) is 4.04. The lowest BCUT2D eigenvalue weighted by Gasteiger charge is -2.49. The van der Waals surface area contributed by atoms with Crippen LogP contribution in [0.5, 0.6) is 5.95 Å². The summed E-state index contributed by atoms with van der Waals surface area (Å²) in [6.07, 6.45) is 2.39. The monoisotopic (exact) mass is 378 g/mol. The van der Waals surface area contributed by atoms with E-state index in [2.05, 4.69) is 17.1 Å². The number of rotatable bonds is 5. The predicted octanol–water partition coefficient (Wildman–Crippen LogP) is 3.71. The van der Waals surface area contributed by atoms with Crippen LogP contribution in [-0.2, 0) is 0 Å². The van der Waals surface area contributed by atoms with E-state index in [1.807, 2.05) is 18.2 Å². The van der Waals surface area contributed by atoms with Crippen molar-refractivity contribution < 1.29 is 13.9 Å². The lowest BCUT2D eigenvalue weighted by Crippen LogP contribution is -2.62. The first-order valence-electron chi connectivity index (χ1n) is 8.60. The second-order valence-corrected chi connectivity index (χ2v) is 9.00. The number of hydrogen-bond donors (Lipinski definition) is 1. The molecule has 7 heteroatoms. The fourth-order valence-electron chi connectivity index (χ4n) is 3.83. The molecule has 2 bridgehead atoms. The third kappa shape index (κ3) is 3.45. The van der Waals surface area contributed by atoms with Gasteiger partial charge in [-0.2, -0.15) is 0 Å². The number of ether oxygens (including phenoxy) is 1. The van der Waals surface area contributed by atoms with Crippen LogP contribution < -0.4 is 10.1 Å². The summed E-state index contributed by atoms with van der Waals surface area (Å²) >= 11 is 3.00. The van der Waals surface area contributed by atoms with E-state index < -0.39 is 0 Å². The molecule has 5 heterocycles. The molecule has 3 saturated heterocycles. The van der Waals surface area contributed by atoms with Gasteiger partial charge in [0, 0.05) is 18.2 Å². The second kappa shape index (κ2) is 7.05. The van der Waals surface area contributed by atoms with Crippen molar-refractivity contribution in [2.75, 3.05) is 20.2 Å². The van der Waals surface area contributed by atoms with Crippen molar-refractivity contribution in [1.29, 1.82) is 0 Å². The van der Waals surface area contributed by atoms with Gasteiger partial charge in [-0.1, -0.05) is 0 Å². The number of piperidine rings is 3. The third-order valence-corrected chi connectivity index (χ3v) is 7.38. The molecule has 2 aromatic heterocycles. The molecule has 25 heavy (non-hydrogen) atoms. The van der Waals surface area contributed by atoms with E-state index in [9.17, 15) is 4.79 Å². The maximum Gasteiger partial charge on any atom is 0.285 e. The molecule has 0 unspecified atom stereocenters. The summed E-state index contributed by atoms with van der Waals surface area (Å²) in [6.45, 7) is 4.57. The van der Waals surface area contributed by atoms with E-state index in [1.165, 1.54) is 49.0 Å². The highest BCUT2D eigenvalue weighted by atomic mass is 32.2. The number of nitrogens with zero attached hydrogens (tertiary/aromatic N) is 1. The molecule has 3 fully saturated rings. The number of thiophene rings is 1. The summed E-state index contributed by atoms with van der Waals surface area (Å²) < 4.78 is 11.6. The summed E-state index contributed by atoms with van der Waals surface area (Å²) in [5.41, 5.74) is 0. The van der Waals surface area contributed by atoms with Crippen molar-refractivity contribution in [2.45, 2.75) is 41.2 Å². The van der Waals surface area contributed by atoms with Crippen molar-refractivity contribution >= 4 is 29.0 Å². The Labute approximate surface area is 155 Å². The molecular weight excluding hydrogens is 356 g/mol. The first-order chi connectivity index (χ1) is 12.1. The molecule has 5 nitrogen and oxygen atoms in total. The van der Waals surface area contributed by atoms with Crippen LogP contribution in [0, 0.1) is 5.92 Å². The van der Waals surface area contributed by atoms with E-state index >= 15 is 0 Å². The summed E-state index contributed by atoms with van der Waals surface area (Å²) in [4.78, 5) is 15.9. The van der Waals surface area contributed by atoms with Gasteiger partial charge in [-0.25, -0.2) is 0 Å². The zero-order chi connectivity index (χ0) is 17.4. The van der Waals surface area contributed by atoms with Crippen LogP contribution >= 0.6 is 23.1 Å². The van der Waals surface area contributed by atoms with Crippen molar-refractivity contribution in [3.63, 3.8) is 0 Å². The first-order valence-corrected chi connectivity index (χ1v) is 10.2. The van der Waals surface area contributed by atoms with Gasteiger partial charge in [-0.05, 0) is 68.7 Å². The maximum atomic E-state index is 12.7. The highest BCUT2D eigenvalue weighted by molar-refractivity contribution is 8.01. The van der Waals surface area contributed by atoms with Gasteiger partial charge in [0.05, 0.1) is 16.2 Å². The van der Waals surface area contributed by atoms with Crippen molar-refractivity contribution in [3.05, 3.63) is 29.1 Å². The molecule has 0 radical (unpaired) electrons. The standard InChI is InChI=1S/C18H22N2O3S2/c1-11-17(12-7-9-20(11)10-8-12)19-18(21)13-3-6-16(24-13)25-15-5-4-14(22-2)23-15/h3-6,11-12,17H,7-10H2,1-2H3,(H,19,21)/t11-,17-/m0/s1. The van der Waals surface area contributed by atoms with Crippen molar-refractivity contribution in [2.24, 2.45) is 5.92 Å². The Hall–Kier alpha value is -1.44. The molecular formula is C18H22N2O3S2. The average Bonchev–Trinajstić information content (AvgIpc) is 3.28. The van der Waals surface area contributed by atoms with Gasteiger partial charge in [0.25, 0.3) is 11.9 Å². The van der Waals surface area contributed by atoms with Crippen LogP contribution in [0.2, 0.25) is 0 Å². The Kier molecular flexibility index (Phi) is 4.80. The number of methoxy groups -OCH3 is 1. The number of fused-ring (bicyclic) bond motifs is 3. The smallest absolute Gasteiger partial charge is 0.285 e. The number of furan rings is 1. The average molecular weight is 379 g/mol. The van der Waals surface area contributed by atoms with E-state index in [0.29, 0.717) is 17.9 Å². The fraction of sp³-hybridized carbons (Fsp3) is 0.500. The maximum absolute atomic E-state index is 12.7. The van der Waals surface area contributed by atoms with Gasteiger partial charge < -0.3 is 14.5 Å². The van der Waals surface area contributed by atoms with Crippen LogP contribution in [0.3, 0.4) is 0 Å². The molecule has 1 amide bonds. The molecule has 2 atom stereocenters. The molecule has 1 N–H and O–H groups in total. The highest BCUT2D eigenvalue weighted by Crippen LogP contribution is 2.36. The lowest BCUT2D eigenvalue weighted by molar-refractivity contribution is 0.0218. The van der Waals surface area contributed by atoms with Gasteiger partial charge in [0.1, 0.15) is 0 Å². The topological polar surface area (TPSA) is 54.7 Å². The van der Waals surface area contributed by atoms with Gasteiger partial charge in [0.2, 0.25) is 0 Å². The minimum atomic E-state index is 0.0412. The lowest BCUT2D eigenvalue weighted by atomic mass is 9.79. The zero-order valence-corrected chi connectivity index (χ0v) is 16.0. The summed E-state index contributed by atoms with van der Waals surface area (Å²) in [7, 11) is 1.58. The van der Waals surface area contributed by atoms with Crippen molar-refractivity contribution in [1.82, 2.24) is 10.2 Å². The Morgan fingerprint density at radius 1 is 1.32 bits per heavy atom. The van der Waals surface area contributed by atoms with E-state index in [0.717, 1.165) is 14.2 Å².